The summed E-state index contributed by atoms with van der Waals surface area (Å²) in [6.07, 6.45) is 1.50. The molecule has 1 aromatic rings. The van der Waals surface area contributed by atoms with Gasteiger partial charge in [-0.05, 0) is 30.5 Å². The molecule has 0 saturated carbocycles. The fourth-order valence-electron chi connectivity index (χ4n) is 2.93. The molecule has 0 aliphatic carbocycles. The minimum atomic E-state index is -0.421. The highest BCUT2D eigenvalue weighted by atomic mass is 35.5. The third-order valence-electron chi connectivity index (χ3n) is 4.15. The molecule has 1 fully saturated rings. The van der Waals surface area contributed by atoms with E-state index in [0.29, 0.717) is 12.6 Å². The normalized spacial score (nSPS) is 24.6. The van der Waals surface area contributed by atoms with E-state index in [1.54, 1.807) is 0 Å². The van der Waals surface area contributed by atoms with Gasteiger partial charge in [-0.1, -0.05) is 24.3 Å². The highest BCUT2D eigenvalue weighted by Gasteiger charge is 2.33. The number of benzene rings is 1. The predicted molar refractivity (Wildman–Crippen MR) is 80.1 cm³/mol. The molecule has 0 radical (unpaired) electrons. The Morgan fingerprint density at radius 3 is 2.95 bits per heavy atom. The summed E-state index contributed by atoms with van der Waals surface area (Å²) in [6, 6.07) is 8.40. The molecule has 1 saturated heterocycles. The van der Waals surface area contributed by atoms with Gasteiger partial charge in [0.1, 0.15) is 0 Å². The summed E-state index contributed by atoms with van der Waals surface area (Å²) in [7, 11) is 1.89. The lowest BCUT2D eigenvalue weighted by molar-refractivity contribution is -0.145. The van der Waals surface area contributed by atoms with Crippen LogP contribution in [-0.2, 0) is 16.0 Å². The van der Waals surface area contributed by atoms with Crippen LogP contribution in [-0.4, -0.2) is 43.6 Å². The molecule has 0 spiro atoms. The number of hydrogen-bond acceptors (Lipinski definition) is 3. The van der Waals surface area contributed by atoms with Crippen LogP contribution in [0.2, 0.25) is 0 Å². The van der Waals surface area contributed by atoms with Crippen molar-refractivity contribution in [2.45, 2.75) is 25.0 Å². The molecule has 1 aromatic carbocycles. The number of nitrogens with one attached hydrogen (secondary N) is 1. The second kappa shape index (κ2) is 6.57. The monoisotopic (exact) mass is 296 g/mol. The van der Waals surface area contributed by atoms with Crippen molar-refractivity contribution in [2.75, 3.05) is 26.7 Å². The van der Waals surface area contributed by atoms with Crippen molar-refractivity contribution in [3.05, 3.63) is 35.4 Å². The summed E-state index contributed by atoms with van der Waals surface area (Å²) >= 11 is 0. The van der Waals surface area contributed by atoms with Crippen LogP contribution in [0.3, 0.4) is 0 Å². The van der Waals surface area contributed by atoms with Crippen molar-refractivity contribution in [2.24, 2.45) is 0 Å². The Hall–Kier alpha value is -1.10. The van der Waals surface area contributed by atoms with Gasteiger partial charge in [-0.3, -0.25) is 4.79 Å². The number of nitrogens with zero attached hydrogens (tertiary/aromatic N) is 1. The fourth-order valence-corrected chi connectivity index (χ4v) is 2.93. The van der Waals surface area contributed by atoms with E-state index in [-0.39, 0.29) is 18.3 Å². The van der Waals surface area contributed by atoms with Crippen molar-refractivity contribution < 1.29 is 9.53 Å². The van der Waals surface area contributed by atoms with E-state index in [1.807, 2.05) is 30.1 Å². The molecule has 5 heteroatoms. The standard InChI is InChI=1S/C15H20N2O2.ClH/c1-17(12-6-8-16-10-12)15(18)14-13-5-3-2-4-11(13)7-9-19-14;/h2-5,12,14,16H,6-10H2,1H3;1H. The second-order valence-electron chi connectivity index (χ2n) is 5.30. The molecule has 0 bridgehead atoms. The summed E-state index contributed by atoms with van der Waals surface area (Å²) in [5.41, 5.74) is 2.28. The van der Waals surface area contributed by atoms with E-state index in [9.17, 15) is 4.79 Å². The molecule has 1 N–H and O–H groups in total. The first-order chi connectivity index (χ1) is 9.27. The molecule has 4 nitrogen and oxygen atoms in total. The van der Waals surface area contributed by atoms with Crippen LogP contribution in [0.4, 0.5) is 0 Å². The highest BCUT2D eigenvalue weighted by molar-refractivity contribution is 5.85. The smallest absolute Gasteiger partial charge is 0.256 e. The van der Waals surface area contributed by atoms with Crippen molar-refractivity contribution >= 4 is 18.3 Å². The Morgan fingerprint density at radius 2 is 2.20 bits per heavy atom. The highest BCUT2D eigenvalue weighted by Crippen LogP contribution is 2.29. The zero-order chi connectivity index (χ0) is 13.2. The molecular weight excluding hydrogens is 276 g/mol. The van der Waals surface area contributed by atoms with Crippen molar-refractivity contribution in [1.82, 2.24) is 10.2 Å². The Morgan fingerprint density at radius 1 is 1.40 bits per heavy atom. The van der Waals surface area contributed by atoms with Crippen LogP contribution >= 0.6 is 12.4 Å². The fraction of sp³-hybridized carbons (Fsp3) is 0.533. The topological polar surface area (TPSA) is 41.6 Å². The van der Waals surface area contributed by atoms with Gasteiger partial charge in [-0.15, -0.1) is 12.4 Å². The van der Waals surface area contributed by atoms with E-state index in [1.165, 1.54) is 5.56 Å². The van der Waals surface area contributed by atoms with Crippen LogP contribution < -0.4 is 5.32 Å². The lowest BCUT2D eigenvalue weighted by atomic mass is 9.96. The largest absolute Gasteiger partial charge is 0.363 e. The third kappa shape index (κ3) is 2.82. The van der Waals surface area contributed by atoms with Crippen molar-refractivity contribution in [3.63, 3.8) is 0 Å². The van der Waals surface area contributed by atoms with Crippen LogP contribution in [0.1, 0.15) is 23.7 Å². The summed E-state index contributed by atoms with van der Waals surface area (Å²) in [6.45, 7) is 2.51. The van der Waals surface area contributed by atoms with Crippen molar-refractivity contribution in [1.29, 1.82) is 0 Å². The minimum Gasteiger partial charge on any atom is -0.363 e. The van der Waals surface area contributed by atoms with Crippen molar-refractivity contribution in [3.8, 4) is 0 Å². The molecule has 2 atom stereocenters. The maximum absolute atomic E-state index is 12.6. The van der Waals surface area contributed by atoms with Crippen LogP contribution in [0, 0.1) is 0 Å². The number of carbonyl (C=O) groups is 1. The SMILES string of the molecule is CN(C(=O)C1OCCc2ccccc21)C1CCNC1.Cl. The summed E-state index contributed by atoms with van der Waals surface area (Å²) in [5.74, 6) is 0.0841. The van der Waals surface area contributed by atoms with Gasteiger partial charge >= 0.3 is 0 Å². The van der Waals surface area contributed by atoms with Gasteiger partial charge in [0.15, 0.2) is 6.10 Å². The first-order valence-corrected chi connectivity index (χ1v) is 6.94. The maximum atomic E-state index is 12.6. The number of rotatable bonds is 2. The molecule has 2 unspecified atom stereocenters. The Kier molecular flexibility index (Phi) is 5.02. The van der Waals surface area contributed by atoms with Gasteiger partial charge in [0.05, 0.1) is 6.61 Å². The number of carbonyl (C=O) groups excluding carboxylic acids is 1. The molecule has 1 amide bonds. The number of likely N-dealkylation sites (N-methyl/N-ethyl adjacent to an activating group) is 1. The van der Waals surface area contributed by atoms with Crippen LogP contribution in [0.25, 0.3) is 0 Å². The van der Waals surface area contributed by atoms with E-state index in [2.05, 4.69) is 11.4 Å². The molecule has 110 valence electrons. The lowest BCUT2D eigenvalue weighted by Gasteiger charge is -2.31. The summed E-state index contributed by atoms with van der Waals surface area (Å²) in [5, 5.41) is 3.30. The average Bonchev–Trinajstić information content (AvgIpc) is 2.99. The lowest BCUT2D eigenvalue weighted by Crippen LogP contribution is -2.42. The molecule has 0 aromatic heterocycles. The minimum absolute atomic E-state index is 0. The number of ether oxygens (including phenoxy) is 1. The zero-order valence-corrected chi connectivity index (χ0v) is 12.5. The summed E-state index contributed by atoms with van der Waals surface area (Å²) in [4.78, 5) is 14.5. The second-order valence-corrected chi connectivity index (χ2v) is 5.30. The molecular formula is C15H21ClN2O2. The van der Waals surface area contributed by atoms with E-state index in [4.69, 9.17) is 4.74 Å². The number of amides is 1. The van der Waals surface area contributed by atoms with E-state index < -0.39 is 6.10 Å². The van der Waals surface area contributed by atoms with Gasteiger partial charge in [-0.25, -0.2) is 0 Å². The zero-order valence-electron chi connectivity index (χ0n) is 11.7. The first kappa shape index (κ1) is 15.3. The molecule has 20 heavy (non-hydrogen) atoms. The number of fused-ring (bicyclic) bond motifs is 1. The number of halogens is 1. The molecule has 3 rings (SSSR count). The molecule has 2 aliphatic heterocycles. The Labute approximate surface area is 125 Å². The quantitative estimate of drug-likeness (QED) is 0.900. The predicted octanol–water partition coefficient (Wildman–Crippen LogP) is 1.54. The third-order valence-corrected chi connectivity index (χ3v) is 4.15. The first-order valence-electron chi connectivity index (χ1n) is 6.94. The van der Waals surface area contributed by atoms with Gasteiger partial charge < -0.3 is 15.0 Å². The van der Waals surface area contributed by atoms with Crippen LogP contribution in [0.5, 0.6) is 0 Å². The van der Waals surface area contributed by atoms with Crippen LogP contribution in [0.15, 0.2) is 24.3 Å². The molecule has 2 aliphatic rings. The van der Waals surface area contributed by atoms with Gasteiger partial charge in [0.2, 0.25) is 0 Å². The Bertz CT molecular complexity index is 475. The molecule has 2 heterocycles. The van der Waals surface area contributed by atoms with E-state index >= 15 is 0 Å². The Balaban J connectivity index is 0.00000147. The van der Waals surface area contributed by atoms with E-state index in [0.717, 1.165) is 31.5 Å². The van der Waals surface area contributed by atoms with Gasteiger partial charge in [0.25, 0.3) is 5.91 Å². The maximum Gasteiger partial charge on any atom is 0.256 e. The number of hydrogen-bond donors (Lipinski definition) is 1. The van der Waals surface area contributed by atoms with Gasteiger partial charge in [-0.2, -0.15) is 0 Å². The summed E-state index contributed by atoms with van der Waals surface area (Å²) < 4.78 is 5.74. The average molecular weight is 297 g/mol. The van der Waals surface area contributed by atoms with Gasteiger partial charge in [0, 0.05) is 19.6 Å².